The van der Waals surface area contributed by atoms with Gasteiger partial charge in [-0.2, -0.15) is 0 Å². The molecule has 0 bridgehead atoms. The van der Waals surface area contributed by atoms with Gasteiger partial charge in [-0.1, -0.05) is 89.9 Å². The second kappa shape index (κ2) is 20.2. The van der Waals surface area contributed by atoms with E-state index in [1.165, 1.54) is 25.7 Å². The molecule has 0 saturated heterocycles. The van der Waals surface area contributed by atoms with Gasteiger partial charge in [-0.15, -0.1) is 0 Å². The predicted molar refractivity (Wildman–Crippen MR) is 192 cm³/mol. The second-order valence-corrected chi connectivity index (χ2v) is 16.5. The highest BCUT2D eigenvalue weighted by Gasteiger charge is 2.74. The van der Waals surface area contributed by atoms with Crippen LogP contribution >= 0.6 is 0 Å². The van der Waals surface area contributed by atoms with Gasteiger partial charge in [0.2, 0.25) is 0 Å². The molecule has 0 spiro atoms. The van der Waals surface area contributed by atoms with Crippen molar-refractivity contribution in [3.05, 3.63) is 0 Å². The zero-order chi connectivity index (χ0) is 35.1. The lowest BCUT2D eigenvalue weighted by atomic mass is 9.55. The summed E-state index contributed by atoms with van der Waals surface area (Å²) >= 11 is 0. The predicted octanol–water partition coefficient (Wildman–Crippen LogP) is 10.2. The average molecular weight is 701 g/mol. The van der Waals surface area contributed by atoms with Crippen molar-refractivity contribution >= 4 is 23.9 Å². The first-order valence-electron chi connectivity index (χ1n) is 21.3. The Morgan fingerprint density at radius 2 is 0.460 bits per heavy atom. The van der Waals surface area contributed by atoms with E-state index in [-0.39, 0.29) is 37.3 Å². The first kappa shape index (κ1) is 39.1. The molecule has 5 aliphatic rings. The van der Waals surface area contributed by atoms with Crippen LogP contribution in [0.4, 0.5) is 0 Å². The Kier molecular flexibility index (Phi) is 15.8. The van der Waals surface area contributed by atoms with Gasteiger partial charge in [0, 0.05) is 0 Å². The highest BCUT2D eigenvalue weighted by Crippen LogP contribution is 2.55. The molecule has 50 heavy (non-hydrogen) atoms. The van der Waals surface area contributed by atoms with Crippen molar-refractivity contribution < 1.29 is 38.1 Å². The lowest BCUT2D eigenvalue weighted by molar-refractivity contribution is -0.216. The third-order valence-electron chi connectivity index (χ3n) is 12.8. The molecule has 284 valence electrons. The fraction of sp³-hybridized carbons (Fsp3) is 0.905. The van der Waals surface area contributed by atoms with Crippen LogP contribution in [0.2, 0.25) is 0 Å². The topological polar surface area (TPSA) is 105 Å². The summed E-state index contributed by atoms with van der Waals surface area (Å²) in [4.78, 5) is 60.3. The van der Waals surface area contributed by atoms with Crippen LogP contribution in [0.3, 0.4) is 0 Å². The molecular weight excluding hydrogens is 632 g/mol. The lowest BCUT2D eigenvalue weighted by Crippen LogP contribution is -2.65. The molecule has 5 aliphatic carbocycles. The number of hydrogen-bond donors (Lipinski definition) is 0. The van der Waals surface area contributed by atoms with Crippen LogP contribution in [0.25, 0.3) is 0 Å². The van der Waals surface area contributed by atoms with Crippen LogP contribution in [-0.2, 0) is 38.1 Å². The van der Waals surface area contributed by atoms with Crippen LogP contribution in [0, 0.1) is 10.8 Å². The van der Waals surface area contributed by atoms with E-state index in [4.69, 9.17) is 18.9 Å². The summed E-state index contributed by atoms with van der Waals surface area (Å²) in [5.41, 5.74) is -4.29. The van der Waals surface area contributed by atoms with Gasteiger partial charge >= 0.3 is 23.9 Å². The van der Waals surface area contributed by atoms with Gasteiger partial charge in [0.1, 0.15) is 24.4 Å². The molecule has 0 aromatic rings. The largest absolute Gasteiger partial charge is 0.461 e. The molecule has 0 atom stereocenters. The highest BCUT2D eigenvalue weighted by molar-refractivity contribution is 6.15. The Labute approximate surface area is 302 Å². The van der Waals surface area contributed by atoms with Crippen molar-refractivity contribution in [1.29, 1.82) is 0 Å². The molecule has 0 aromatic carbocycles. The zero-order valence-corrected chi connectivity index (χ0v) is 31.2. The van der Waals surface area contributed by atoms with Crippen LogP contribution in [-0.4, -0.2) is 48.3 Å². The van der Waals surface area contributed by atoms with Crippen molar-refractivity contribution in [2.45, 2.75) is 230 Å². The molecule has 0 aromatic heterocycles. The van der Waals surface area contributed by atoms with E-state index < -0.39 is 34.7 Å². The molecule has 0 aliphatic heterocycles. The van der Waals surface area contributed by atoms with Gasteiger partial charge in [-0.25, -0.2) is 0 Å². The first-order valence-corrected chi connectivity index (χ1v) is 21.3. The fourth-order valence-corrected chi connectivity index (χ4v) is 9.63. The van der Waals surface area contributed by atoms with E-state index in [2.05, 4.69) is 0 Å². The fourth-order valence-electron chi connectivity index (χ4n) is 9.63. The van der Waals surface area contributed by atoms with Gasteiger partial charge in [0.15, 0.2) is 10.8 Å². The van der Waals surface area contributed by atoms with E-state index in [1.54, 1.807) is 0 Å². The van der Waals surface area contributed by atoms with Crippen LogP contribution in [0.5, 0.6) is 0 Å². The quantitative estimate of drug-likeness (QED) is 0.140. The SMILES string of the molecule is O=C(OC1CCCCCCC1)C1(C(=O)OC2CCCCCCC2)CCCCC1(C(=O)OC1CCCCCCC1)C(=O)OC1CCCCCCC1. The minimum absolute atomic E-state index is 0.0175. The van der Waals surface area contributed by atoms with E-state index in [9.17, 15) is 0 Å². The van der Waals surface area contributed by atoms with Gasteiger partial charge < -0.3 is 18.9 Å². The van der Waals surface area contributed by atoms with Gasteiger partial charge in [0.05, 0.1) is 0 Å². The molecule has 8 nitrogen and oxygen atoms in total. The molecule has 8 heteroatoms. The van der Waals surface area contributed by atoms with E-state index in [0.717, 1.165) is 103 Å². The van der Waals surface area contributed by atoms with Gasteiger partial charge in [-0.05, 0) is 116 Å². The van der Waals surface area contributed by atoms with Crippen molar-refractivity contribution in [1.82, 2.24) is 0 Å². The third kappa shape index (κ3) is 10.1. The molecule has 5 rings (SSSR count). The number of carbonyl (C=O) groups excluding carboxylic acids is 4. The van der Waals surface area contributed by atoms with Crippen molar-refractivity contribution in [3.8, 4) is 0 Å². The third-order valence-corrected chi connectivity index (χ3v) is 12.8. The summed E-state index contributed by atoms with van der Waals surface area (Å²) in [6, 6.07) is 0. The minimum atomic E-state index is -2.15. The van der Waals surface area contributed by atoms with Crippen LogP contribution in [0.1, 0.15) is 205 Å². The normalized spacial score (nSPS) is 25.8. The Morgan fingerprint density at radius 3 is 0.660 bits per heavy atom. The lowest BCUT2D eigenvalue weighted by Gasteiger charge is -2.47. The van der Waals surface area contributed by atoms with Gasteiger partial charge in [-0.3, -0.25) is 19.2 Å². The summed E-state index contributed by atoms with van der Waals surface area (Å²) in [7, 11) is 0. The molecule has 5 saturated carbocycles. The molecule has 5 fully saturated rings. The first-order chi connectivity index (χ1) is 24.5. The van der Waals surface area contributed by atoms with Gasteiger partial charge in [0.25, 0.3) is 0 Å². The maximum absolute atomic E-state index is 15.1. The van der Waals surface area contributed by atoms with Crippen molar-refractivity contribution in [3.63, 3.8) is 0 Å². The highest BCUT2D eigenvalue weighted by atomic mass is 16.6. The molecule has 0 heterocycles. The second-order valence-electron chi connectivity index (χ2n) is 16.5. The standard InChI is InChI=1S/C42H68O8/c43-37(47-33-23-13-5-1-6-14-24-33)41(38(44)48-34-25-15-7-2-8-16-26-34)31-21-22-32-42(41,39(45)49-35-27-17-9-3-10-18-28-35)40(46)50-36-29-19-11-4-12-20-30-36/h33-36H,1-32H2. The average Bonchev–Trinajstić information content (AvgIpc) is 3.05. The molecule has 0 radical (unpaired) electrons. The summed E-state index contributed by atoms with van der Waals surface area (Å²) < 4.78 is 25.5. The number of esters is 4. The smallest absolute Gasteiger partial charge is 0.325 e. The number of ether oxygens (including phenoxy) is 4. The monoisotopic (exact) mass is 700 g/mol. The number of carbonyl (C=O) groups is 4. The van der Waals surface area contributed by atoms with E-state index >= 15 is 19.2 Å². The summed E-state index contributed by atoms with van der Waals surface area (Å²) in [5.74, 6) is -3.10. The van der Waals surface area contributed by atoms with Crippen LogP contribution in [0.15, 0.2) is 0 Å². The maximum Gasteiger partial charge on any atom is 0.325 e. The van der Waals surface area contributed by atoms with Crippen molar-refractivity contribution in [2.75, 3.05) is 0 Å². The Hall–Kier alpha value is -2.12. The van der Waals surface area contributed by atoms with Crippen molar-refractivity contribution in [2.24, 2.45) is 10.8 Å². The Morgan fingerprint density at radius 1 is 0.280 bits per heavy atom. The summed E-state index contributed by atoms with van der Waals surface area (Å²) in [5, 5.41) is 0. The summed E-state index contributed by atoms with van der Waals surface area (Å²) in [6.07, 6.45) is 26.1. The minimum Gasteiger partial charge on any atom is -0.461 e. The van der Waals surface area contributed by atoms with Crippen LogP contribution < -0.4 is 0 Å². The molecule has 0 amide bonds. The summed E-state index contributed by atoms with van der Waals surface area (Å²) in [6.45, 7) is 0. The van der Waals surface area contributed by atoms with E-state index in [1.807, 2.05) is 0 Å². The molecule has 0 unspecified atom stereocenters. The number of rotatable bonds is 8. The zero-order valence-electron chi connectivity index (χ0n) is 31.2. The molecule has 0 N–H and O–H groups in total. The molecular formula is C42H68O8. The maximum atomic E-state index is 15.1. The Bertz CT molecular complexity index is 898. The Balaban J connectivity index is 1.55. The number of hydrogen-bond acceptors (Lipinski definition) is 8. The van der Waals surface area contributed by atoms with E-state index in [0.29, 0.717) is 64.2 Å².